The Hall–Kier alpha value is 0. The molecule has 0 saturated heterocycles. The average molecular weight is 169 g/mol. The minimum absolute atomic E-state index is 0.826. The quantitative estimate of drug-likeness (QED) is 0.494. The number of unbranched alkanes of at least 4 members (excludes halogenated alkanes) is 2. The lowest BCUT2D eigenvalue weighted by Gasteiger charge is -2.20. The summed E-state index contributed by atoms with van der Waals surface area (Å²) in [5.41, 5.74) is 0. The van der Waals surface area contributed by atoms with Gasteiger partial charge in [0.2, 0.25) is 0 Å². The Morgan fingerprint density at radius 3 is 2.25 bits per heavy atom. The SMILES string of the molecule is [CH2]CC(C)C(CC)CCCCC. The second-order valence-electron chi connectivity index (χ2n) is 3.93. The largest absolute Gasteiger partial charge is 0.0654 e. The summed E-state index contributed by atoms with van der Waals surface area (Å²) < 4.78 is 0. The topological polar surface area (TPSA) is 0 Å². The van der Waals surface area contributed by atoms with Crippen molar-refractivity contribution in [3.63, 3.8) is 0 Å². The highest BCUT2D eigenvalue weighted by atomic mass is 14.2. The second-order valence-corrected chi connectivity index (χ2v) is 3.93. The molecule has 0 aromatic heterocycles. The van der Waals surface area contributed by atoms with Crippen LogP contribution in [-0.4, -0.2) is 0 Å². The molecule has 0 rings (SSSR count). The Morgan fingerprint density at radius 1 is 1.17 bits per heavy atom. The third kappa shape index (κ3) is 4.79. The van der Waals surface area contributed by atoms with E-state index in [1.54, 1.807) is 0 Å². The molecule has 0 aliphatic rings. The van der Waals surface area contributed by atoms with Gasteiger partial charge in [0.25, 0.3) is 0 Å². The maximum atomic E-state index is 3.98. The van der Waals surface area contributed by atoms with E-state index in [0.29, 0.717) is 0 Å². The highest BCUT2D eigenvalue weighted by Gasteiger charge is 2.12. The first-order valence-electron chi connectivity index (χ1n) is 5.55. The van der Waals surface area contributed by atoms with Gasteiger partial charge < -0.3 is 0 Å². The number of hydrogen-bond donors (Lipinski definition) is 0. The molecule has 0 amide bonds. The van der Waals surface area contributed by atoms with Crippen molar-refractivity contribution in [1.29, 1.82) is 0 Å². The van der Waals surface area contributed by atoms with E-state index >= 15 is 0 Å². The van der Waals surface area contributed by atoms with Crippen LogP contribution < -0.4 is 0 Å². The molecule has 0 spiro atoms. The van der Waals surface area contributed by atoms with Crippen molar-refractivity contribution in [2.45, 2.75) is 59.3 Å². The first-order chi connectivity index (χ1) is 5.76. The maximum absolute atomic E-state index is 3.98. The van der Waals surface area contributed by atoms with E-state index in [2.05, 4.69) is 27.7 Å². The number of hydrogen-bond acceptors (Lipinski definition) is 0. The standard InChI is InChI=1S/C12H25/c1-5-8-9-10-12(7-3)11(4)6-2/h11-12H,2,5-10H2,1,3-4H3. The predicted molar refractivity (Wildman–Crippen MR) is 57.1 cm³/mol. The van der Waals surface area contributed by atoms with Crippen molar-refractivity contribution in [1.82, 2.24) is 0 Å². The number of rotatable bonds is 7. The monoisotopic (exact) mass is 169 g/mol. The third-order valence-corrected chi connectivity index (χ3v) is 2.96. The van der Waals surface area contributed by atoms with Gasteiger partial charge in [-0.1, -0.05) is 66.2 Å². The van der Waals surface area contributed by atoms with Crippen molar-refractivity contribution in [3.8, 4) is 0 Å². The van der Waals surface area contributed by atoms with Crippen LogP contribution in [0.1, 0.15) is 59.3 Å². The molecule has 0 heterocycles. The van der Waals surface area contributed by atoms with E-state index < -0.39 is 0 Å². The van der Waals surface area contributed by atoms with Gasteiger partial charge in [-0.15, -0.1) is 0 Å². The minimum atomic E-state index is 0.826. The summed E-state index contributed by atoms with van der Waals surface area (Å²) in [7, 11) is 0. The summed E-state index contributed by atoms with van der Waals surface area (Å²) in [4.78, 5) is 0. The highest BCUT2D eigenvalue weighted by molar-refractivity contribution is 4.66. The van der Waals surface area contributed by atoms with Gasteiger partial charge in [0.1, 0.15) is 0 Å². The van der Waals surface area contributed by atoms with Crippen molar-refractivity contribution in [2.24, 2.45) is 11.8 Å². The van der Waals surface area contributed by atoms with Gasteiger partial charge in [-0.2, -0.15) is 0 Å². The predicted octanol–water partition coefficient (Wildman–Crippen LogP) is 4.45. The van der Waals surface area contributed by atoms with Gasteiger partial charge in [0, 0.05) is 0 Å². The average Bonchev–Trinajstić information content (AvgIpc) is 2.11. The van der Waals surface area contributed by atoms with Gasteiger partial charge in [-0.25, -0.2) is 0 Å². The zero-order valence-electron chi connectivity index (χ0n) is 9.10. The van der Waals surface area contributed by atoms with Crippen molar-refractivity contribution < 1.29 is 0 Å². The van der Waals surface area contributed by atoms with Crippen LogP contribution in [-0.2, 0) is 0 Å². The Bertz CT molecular complexity index is 86.0. The van der Waals surface area contributed by atoms with Gasteiger partial charge >= 0.3 is 0 Å². The van der Waals surface area contributed by atoms with Crippen LogP contribution in [0.3, 0.4) is 0 Å². The molecule has 1 radical (unpaired) electrons. The van der Waals surface area contributed by atoms with E-state index in [9.17, 15) is 0 Å². The van der Waals surface area contributed by atoms with E-state index in [1.807, 2.05) is 0 Å². The van der Waals surface area contributed by atoms with Crippen LogP contribution in [0.5, 0.6) is 0 Å². The summed E-state index contributed by atoms with van der Waals surface area (Å²) in [6, 6.07) is 0. The smallest absolute Gasteiger partial charge is 0.0391 e. The summed E-state index contributed by atoms with van der Waals surface area (Å²) in [6.45, 7) is 10.9. The minimum Gasteiger partial charge on any atom is -0.0654 e. The van der Waals surface area contributed by atoms with E-state index in [-0.39, 0.29) is 0 Å². The van der Waals surface area contributed by atoms with Gasteiger partial charge in [0.15, 0.2) is 0 Å². The van der Waals surface area contributed by atoms with E-state index in [4.69, 9.17) is 0 Å². The summed E-state index contributed by atoms with van der Waals surface area (Å²) in [5, 5.41) is 0. The molecule has 0 aliphatic heterocycles. The maximum Gasteiger partial charge on any atom is -0.0391 e. The molecular formula is C12H25. The van der Waals surface area contributed by atoms with Crippen LogP contribution in [0.4, 0.5) is 0 Å². The van der Waals surface area contributed by atoms with Gasteiger partial charge in [-0.05, 0) is 11.8 Å². The summed E-state index contributed by atoms with van der Waals surface area (Å²) >= 11 is 0. The van der Waals surface area contributed by atoms with Crippen LogP contribution in [0.25, 0.3) is 0 Å². The molecule has 0 fully saturated rings. The molecular weight excluding hydrogens is 144 g/mol. The molecule has 0 N–H and O–H groups in total. The molecule has 0 nitrogen and oxygen atoms in total. The van der Waals surface area contributed by atoms with Crippen LogP contribution in [0.2, 0.25) is 0 Å². The first kappa shape index (κ1) is 12.0. The molecule has 2 atom stereocenters. The lowest BCUT2D eigenvalue weighted by atomic mass is 9.85. The molecule has 0 aliphatic carbocycles. The Kier molecular flexibility index (Phi) is 7.64. The molecule has 0 heteroatoms. The van der Waals surface area contributed by atoms with E-state index in [0.717, 1.165) is 18.3 Å². The first-order valence-corrected chi connectivity index (χ1v) is 5.55. The fourth-order valence-corrected chi connectivity index (χ4v) is 1.78. The van der Waals surface area contributed by atoms with Crippen LogP contribution >= 0.6 is 0 Å². The lowest BCUT2D eigenvalue weighted by molar-refractivity contribution is 0.317. The Labute approximate surface area is 78.8 Å². The summed E-state index contributed by atoms with van der Waals surface area (Å²) in [6.07, 6.45) is 8.01. The second kappa shape index (κ2) is 7.64. The Balaban J connectivity index is 3.52. The summed E-state index contributed by atoms with van der Waals surface area (Å²) in [5.74, 6) is 1.75. The van der Waals surface area contributed by atoms with Crippen LogP contribution in [0.15, 0.2) is 0 Å². The molecule has 0 bridgehead atoms. The molecule has 0 aromatic carbocycles. The molecule has 0 aromatic rings. The zero-order chi connectivity index (χ0) is 9.40. The van der Waals surface area contributed by atoms with Gasteiger partial charge in [-0.3, -0.25) is 0 Å². The molecule has 0 saturated carbocycles. The van der Waals surface area contributed by atoms with Crippen LogP contribution in [0, 0.1) is 18.8 Å². The van der Waals surface area contributed by atoms with Crippen molar-refractivity contribution >= 4 is 0 Å². The third-order valence-electron chi connectivity index (χ3n) is 2.96. The zero-order valence-corrected chi connectivity index (χ0v) is 9.10. The van der Waals surface area contributed by atoms with Crippen molar-refractivity contribution in [3.05, 3.63) is 6.92 Å². The van der Waals surface area contributed by atoms with Gasteiger partial charge in [0.05, 0.1) is 0 Å². The lowest BCUT2D eigenvalue weighted by Crippen LogP contribution is -2.09. The molecule has 2 unspecified atom stereocenters. The van der Waals surface area contributed by atoms with Crippen molar-refractivity contribution in [2.75, 3.05) is 0 Å². The van der Waals surface area contributed by atoms with E-state index in [1.165, 1.54) is 32.1 Å². The normalized spacial score (nSPS) is 16.0. The molecule has 73 valence electrons. The fraction of sp³-hybridized carbons (Fsp3) is 0.917. The molecule has 12 heavy (non-hydrogen) atoms. The Morgan fingerprint density at radius 2 is 1.83 bits per heavy atom. The highest BCUT2D eigenvalue weighted by Crippen LogP contribution is 2.24. The fourth-order valence-electron chi connectivity index (χ4n) is 1.78.